The van der Waals surface area contributed by atoms with E-state index in [1.165, 1.54) is 22.1 Å². The molecule has 0 amide bonds. The van der Waals surface area contributed by atoms with Crippen LogP contribution < -0.4 is 4.74 Å². The molecule has 2 aromatic rings. The molecule has 2 heteroatoms. The number of aryl methyl sites for hydroxylation is 1. The molecule has 2 heterocycles. The van der Waals surface area contributed by atoms with Crippen LogP contribution in [0.2, 0.25) is 0 Å². The number of ether oxygens (including phenoxy) is 1. The van der Waals surface area contributed by atoms with Crippen molar-refractivity contribution in [3.63, 3.8) is 0 Å². The Balaban J connectivity index is 2.28. The lowest BCUT2D eigenvalue weighted by molar-refractivity contribution is 0.289. The zero-order valence-corrected chi connectivity index (χ0v) is 8.06. The van der Waals surface area contributed by atoms with E-state index in [1.54, 1.807) is 11.3 Å². The number of benzene rings is 1. The normalized spacial score (nSPS) is 15.4. The smallest absolute Gasteiger partial charge is 0.123 e. The first-order chi connectivity index (χ1) is 6.43. The summed E-state index contributed by atoms with van der Waals surface area (Å²) >= 11 is 1.78. The molecule has 0 aliphatic carbocycles. The van der Waals surface area contributed by atoms with Gasteiger partial charge in [-0.1, -0.05) is 0 Å². The molecule has 13 heavy (non-hydrogen) atoms. The molecule has 0 unspecified atom stereocenters. The maximum absolute atomic E-state index is 5.61. The summed E-state index contributed by atoms with van der Waals surface area (Å²) in [5.41, 5.74) is 1.37. The van der Waals surface area contributed by atoms with Crippen molar-refractivity contribution in [1.82, 2.24) is 0 Å². The highest BCUT2D eigenvalue weighted by atomic mass is 32.1. The Morgan fingerprint density at radius 2 is 2.31 bits per heavy atom. The van der Waals surface area contributed by atoms with Crippen molar-refractivity contribution in [3.8, 4) is 5.75 Å². The lowest BCUT2D eigenvalue weighted by atomic mass is 10.1. The summed E-state index contributed by atoms with van der Waals surface area (Å²) in [6.45, 7) is 0.879. The quantitative estimate of drug-likeness (QED) is 0.619. The topological polar surface area (TPSA) is 9.23 Å². The second kappa shape index (κ2) is 2.74. The fourth-order valence-corrected chi connectivity index (χ4v) is 2.61. The van der Waals surface area contributed by atoms with E-state index in [0.717, 1.165) is 18.8 Å². The predicted octanol–water partition coefficient (Wildman–Crippen LogP) is 3.23. The Kier molecular flexibility index (Phi) is 1.56. The van der Waals surface area contributed by atoms with E-state index in [2.05, 4.69) is 23.6 Å². The van der Waals surface area contributed by atoms with Gasteiger partial charge in [0.2, 0.25) is 0 Å². The number of fused-ring (bicyclic) bond motifs is 2. The summed E-state index contributed by atoms with van der Waals surface area (Å²) in [6.07, 6.45) is 2.32. The minimum atomic E-state index is 0.879. The fourth-order valence-electron chi connectivity index (χ4n) is 1.81. The Hall–Kier alpha value is -1.02. The van der Waals surface area contributed by atoms with Crippen LogP contribution in [0, 0.1) is 0 Å². The zero-order valence-electron chi connectivity index (χ0n) is 7.25. The van der Waals surface area contributed by atoms with Gasteiger partial charge in [-0.05, 0) is 47.4 Å². The minimum Gasteiger partial charge on any atom is -0.493 e. The molecule has 1 nitrogen and oxygen atoms in total. The summed E-state index contributed by atoms with van der Waals surface area (Å²) in [5.74, 6) is 1.10. The van der Waals surface area contributed by atoms with Gasteiger partial charge in [0, 0.05) is 4.70 Å². The summed E-state index contributed by atoms with van der Waals surface area (Å²) < 4.78 is 6.94. The maximum Gasteiger partial charge on any atom is 0.123 e. The molecule has 1 aliphatic heterocycles. The van der Waals surface area contributed by atoms with Gasteiger partial charge < -0.3 is 4.74 Å². The van der Waals surface area contributed by atoms with Crippen LogP contribution >= 0.6 is 11.3 Å². The molecule has 0 N–H and O–H groups in total. The van der Waals surface area contributed by atoms with Crippen molar-refractivity contribution in [2.75, 3.05) is 6.61 Å². The molecule has 0 fully saturated rings. The minimum absolute atomic E-state index is 0.879. The van der Waals surface area contributed by atoms with E-state index in [9.17, 15) is 0 Å². The SMILES string of the molecule is c1cc2cc3c(cc2s1)OCCC3. The van der Waals surface area contributed by atoms with Gasteiger partial charge in [0.25, 0.3) is 0 Å². The van der Waals surface area contributed by atoms with Gasteiger partial charge in [-0.25, -0.2) is 0 Å². The monoisotopic (exact) mass is 190 g/mol. The number of hydrogen-bond donors (Lipinski definition) is 0. The van der Waals surface area contributed by atoms with E-state index in [4.69, 9.17) is 4.74 Å². The molecule has 66 valence electrons. The second-order valence-corrected chi connectivity index (χ2v) is 4.32. The van der Waals surface area contributed by atoms with Crippen molar-refractivity contribution in [3.05, 3.63) is 29.1 Å². The molecule has 1 aromatic carbocycles. The van der Waals surface area contributed by atoms with Gasteiger partial charge in [0.1, 0.15) is 5.75 Å². The van der Waals surface area contributed by atoms with E-state index < -0.39 is 0 Å². The Bertz CT molecular complexity index is 404. The maximum atomic E-state index is 5.61. The first kappa shape index (κ1) is 7.39. The van der Waals surface area contributed by atoms with Crippen LogP contribution in [0.5, 0.6) is 5.75 Å². The highest BCUT2D eigenvalue weighted by molar-refractivity contribution is 7.17. The van der Waals surface area contributed by atoms with Crippen molar-refractivity contribution in [1.29, 1.82) is 0 Å². The lowest BCUT2D eigenvalue weighted by Crippen LogP contribution is -2.07. The predicted molar refractivity (Wildman–Crippen MR) is 55.6 cm³/mol. The van der Waals surface area contributed by atoms with Gasteiger partial charge in [0.15, 0.2) is 0 Å². The van der Waals surface area contributed by atoms with E-state index in [1.807, 2.05) is 0 Å². The van der Waals surface area contributed by atoms with E-state index in [-0.39, 0.29) is 0 Å². The lowest BCUT2D eigenvalue weighted by Gasteiger charge is -2.16. The van der Waals surface area contributed by atoms with Crippen molar-refractivity contribution >= 4 is 21.4 Å². The van der Waals surface area contributed by atoms with Crippen LogP contribution in [-0.2, 0) is 6.42 Å². The highest BCUT2D eigenvalue weighted by Crippen LogP contribution is 2.32. The van der Waals surface area contributed by atoms with Crippen molar-refractivity contribution in [2.24, 2.45) is 0 Å². The third kappa shape index (κ3) is 1.13. The number of hydrogen-bond acceptors (Lipinski definition) is 2. The molecule has 0 atom stereocenters. The summed E-state index contributed by atoms with van der Waals surface area (Å²) in [6, 6.07) is 6.61. The average molecular weight is 190 g/mol. The molecule has 1 aromatic heterocycles. The molecule has 0 spiro atoms. The van der Waals surface area contributed by atoms with Gasteiger partial charge in [0.05, 0.1) is 6.61 Å². The average Bonchev–Trinajstić information content (AvgIpc) is 2.61. The molecular formula is C11H10OS. The molecule has 0 bridgehead atoms. The Morgan fingerprint density at radius 1 is 1.31 bits per heavy atom. The molecule has 0 saturated heterocycles. The molecule has 0 radical (unpaired) electrons. The van der Waals surface area contributed by atoms with Crippen LogP contribution in [0.15, 0.2) is 23.6 Å². The largest absolute Gasteiger partial charge is 0.493 e. The molecular weight excluding hydrogens is 180 g/mol. The van der Waals surface area contributed by atoms with Crippen molar-refractivity contribution < 1.29 is 4.74 Å². The Labute approximate surface area is 81.0 Å². The third-order valence-corrected chi connectivity index (χ3v) is 3.36. The van der Waals surface area contributed by atoms with Gasteiger partial charge in [-0.3, -0.25) is 0 Å². The van der Waals surface area contributed by atoms with Crippen molar-refractivity contribution in [2.45, 2.75) is 12.8 Å². The molecule has 1 aliphatic rings. The van der Waals surface area contributed by atoms with Crippen LogP contribution in [0.25, 0.3) is 10.1 Å². The number of rotatable bonds is 0. The van der Waals surface area contributed by atoms with Crippen LogP contribution in [0.1, 0.15) is 12.0 Å². The van der Waals surface area contributed by atoms with Crippen LogP contribution in [0.3, 0.4) is 0 Å². The molecule has 0 saturated carbocycles. The standard InChI is InChI=1S/C11H10OS/c1-2-8-6-9-3-5-13-11(9)7-10(8)12-4-1/h3,5-7H,1-2,4H2. The third-order valence-electron chi connectivity index (χ3n) is 2.48. The first-order valence-electron chi connectivity index (χ1n) is 4.56. The van der Waals surface area contributed by atoms with E-state index in [0.29, 0.717) is 0 Å². The van der Waals surface area contributed by atoms with Gasteiger partial charge in [-0.15, -0.1) is 11.3 Å². The summed E-state index contributed by atoms with van der Waals surface area (Å²) in [5, 5.41) is 3.49. The summed E-state index contributed by atoms with van der Waals surface area (Å²) in [4.78, 5) is 0. The summed E-state index contributed by atoms with van der Waals surface area (Å²) in [7, 11) is 0. The van der Waals surface area contributed by atoms with E-state index >= 15 is 0 Å². The van der Waals surface area contributed by atoms with Crippen LogP contribution in [0.4, 0.5) is 0 Å². The first-order valence-corrected chi connectivity index (χ1v) is 5.44. The Morgan fingerprint density at radius 3 is 3.31 bits per heavy atom. The van der Waals surface area contributed by atoms with Gasteiger partial charge in [-0.2, -0.15) is 0 Å². The molecule has 3 rings (SSSR count). The highest BCUT2D eigenvalue weighted by Gasteiger charge is 2.11. The zero-order chi connectivity index (χ0) is 8.67. The second-order valence-electron chi connectivity index (χ2n) is 3.37. The fraction of sp³-hybridized carbons (Fsp3) is 0.273. The number of thiophene rings is 1. The van der Waals surface area contributed by atoms with Gasteiger partial charge >= 0.3 is 0 Å². The van der Waals surface area contributed by atoms with Crippen LogP contribution in [-0.4, -0.2) is 6.61 Å².